The van der Waals surface area contributed by atoms with Crippen molar-refractivity contribution in [2.24, 2.45) is 5.41 Å². The van der Waals surface area contributed by atoms with Crippen molar-refractivity contribution in [2.45, 2.75) is 44.9 Å². The molecule has 7 heteroatoms. The summed E-state index contributed by atoms with van der Waals surface area (Å²) >= 11 is 0. The van der Waals surface area contributed by atoms with Crippen molar-refractivity contribution in [1.29, 1.82) is 0 Å². The zero-order valence-corrected chi connectivity index (χ0v) is 15.1. The first-order valence-corrected chi connectivity index (χ1v) is 9.60. The molecule has 1 aromatic carbocycles. The fourth-order valence-corrected chi connectivity index (χ4v) is 3.42. The Balaban J connectivity index is 2.66. The average Bonchev–Trinajstić information content (AvgIpc) is 2.52. The monoisotopic (exact) mass is 355 g/mol. The molecule has 0 bridgehead atoms. The molecule has 0 heterocycles. The van der Waals surface area contributed by atoms with Crippen molar-refractivity contribution < 1.29 is 23.1 Å². The van der Waals surface area contributed by atoms with E-state index in [1.54, 1.807) is 13.8 Å². The van der Waals surface area contributed by atoms with E-state index in [4.69, 9.17) is 5.11 Å². The second kappa shape index (κ2) is 8.28. The van der Waals surface area contributed by atoms with Crippen LogP contribution in [0.25, 0.3) is 0 Å². The van der Waals surface area contributed by atoms with Crippen molar-refractivity contribution >= 4 is 21.7 Å². The van der Waals surface area contributed by atoms with Gasteiger partial charge in [0.05, 0.1) is 16.1 Å². The molecule has 6 nitrogen and oxygen atoms in total. The highest BCUT2D eigenvalue weighted by Gasteiger charge is 2.26. The SMILES string of the molecule is CCCCS(=O)(=O)c1ccc(C(=O)NCCC(C)(C)C(=O)O)cc1. The summed E-state index contributed by atoms with van der Waals surface area (Å²) in [6, 6.07) is 5.80. The molecule has 0 aliphatic heterocycles. The predicted octanol–water partition coefficient (Wildman–Crippen LogP) is 2.49. The van der Waals surface area contributed by atoms with E-state index in [0.29, 0.717) is 18.4 Å². The Kier molecular flexibility index (Phi) is 6.95. The lowest BCUT2D eigenvalue weighted by atomic mass is 9.90. The summed E-state index contributed by atoms with van der Waals surface area (Å²) in [5.74, 6) is -1.17. The van der Waals surface area contributed by atoms with Gasteiger partial charge in [-0.25, -0.2) is 8.42 Å². The number of amides is 1. The van der Waals surface area contributed by atoms with Gasteiger partial charge in [-0.3, -0.25) is 9.59 Å². The molecule has 0 aliphatic rings. The van der Waals surface area contributed by atoms with Crippen LogP contribution in [0.15, 0.2) is 29.2 Å². The summed E-state index contributed by atoms with van der Waals surface area (Å²) in [6.07, 6.45) is 1.70. The van der Waals surface area contributed by atoms with Crippen LogP contribution in [0.5, 0.6) is 0 Å². The number of aliphatic carboxylic acids is 1. The minimum atomic E-state index is -3.31. The van der Waals surface area contributed by atoms with Crippen molar-refractivity contribution in [3.05, 3.63) is 29.8 Å². The van der Waals surface area contributed by atoms with E-state index in [2.05, 4.69) is 5.32 Å². The molecule has 0 fully saturated rings. The molecule has 0 saturated heterocycles. The van der Waals surface area contributed by atoms with E-state index >= 15 is 0 Å². The number of hydrogen-bond acceptors (Lipinski definition) is 4. The summed E-state index contributed by atoms with van der Waals surface area (Å²) in [5.41, 5.74) is -0.567. The maximum absolute atomic E-state index is 12.1. The van der Waals surface area contributed by atoms with Gasteiger partial charge in [0.2, 0.25) is 0 Å². The zero-order valence-electron chi connectivity index (χ0n) is 14.3. The first kappa shape index (κ1) is 20.2. The molecule has 0 radical (unpaired) electrons. The van der Waals surface area contributed by atoms with Gasteiger partial charge in [0.15, 0.2) is 9.84 Å². The lowest BCUT2D eigenvalue weighted by molar-refractivity contribution is -0.147. The number of sulfone groups is 1. The highest BCUT2D eigenvalue weighted by atomic mass is 32.2. The van der Waals surface area contributed by atoms with E-state index in [9.17, 15) is 18.0 Å². The van der Waals surface area contributed by atoms with Crippen LogP contribution >= 0.6 is 0 Å². The Morgan fingerprint density at radius 1 is 1.17 bits per heavy atom. The molecule has 0 spiro atoms. The van der Waals surface area contributed by atoms with Gasteiger partial charge in [-0.05, 0) is 51.0 Å². The normalized spacial score (nSPS) is 12.0. The molecule has 1 rings (SSSR count). The van der Waals surface area contributed by atoms with Crippen LogP contribution in [0.3, 0.4) is 0 Å². The van der Waals surface area contributed by atoms with Crippen LogP contribution in [0.4, 0.5) is 0 Å². The molecule has 1 aromatic rings. The average molecular weight is 355 g/mol. The third-order valence-corrected chi connectivity index (χ3v) is 5.67. The molecule has 1 amide bonds. The molecular formula is C17H25NO5S. The molecule has 0 unspecified atom stereocenters. The predicted molar refractivity (Wildman–Crippen MR) is 91.8 cm³/mol. The maximum Gasteiger partial charge on any atom is 0.309 e. The highest BCUT2D eigenvalue weighted by molar-refractivity contribution is 7.91. The first-order valence-electron chi connectivity index (χ1n) is 7.94. The van der Waals surface area contributed by atoms with Crippen molar-refractivity contribution in [1.82, 2.24) is 5.32 Å². The minimum Gasteiger partial charge on any atom is -0.481 e. The lowest BCUT2D eigenvalue weighted by Gasteiger charge is -2.18. The largest absolute Gasteiger partial charge is 0.481 e. The Morgan fingerprint density at radius 2 is 1.75 bits per heavy atom. The quantitative estimate of drug-likeness (QED) is 0.709. The number of carboxylic acids is 1. The number of carboxylic acid groups (broad SMARTS) is 1. The fraction of sp³-hybridized carbons (Fsp3) is 0.529. The van der Waals surface area contributed by atoms with E-state index < -0.39 is 21.2 Å². The molecule has 2 N–H and O–H groups in total. The highest BCUT2D eigenvalue weighted by Crippen LogP contribution is 2.19. The Hall–Kier alpha value is -1.89. The molecule has 0 saturated carbocycles. The summed E-state index contributed by atoms with van der Waals surface area (Å²) in [7, 11) is -3.31. The van der Waals surface area contributed by atoms with Gasteiger partial charge in [-0.15, -0.1) is 0 Å². The number of nitrogens with one attached hydrogen (secondary N) is 1. The molecule has 24 heavy (non-hydrogen) atoms. The molecule has 0 atom stereocenters. The Labute approximate surface area is 143 Å². The van der Waals surface area contributed by atoms with E-state index in [0.717, 1.165) is 6.42 Å². The number of benzene rings is 1. The van der Waals surface area contributed by atoms with Crippen molar-refractivity contribution in [3.63, 3.8) is 0 Å². The number of carbonyl (C=O) groups is 2. The number of hydrogen-bond donors (Lipinski definition) is 2. The van der Waals surface area contributed by atoms with Crippen LogP contribution < -0.4 is 5.32 Å². The molecule has 0 aliphatic carbocycles. The number of rotatable bonds is 9. The molecule has 0 aromatic heterocycles. The summed E-state index contributed by atoms with van der Waals surface area (Å²) in [5, 5.41) is 11.7. The van der Waals surface area contributed by atoms with Crippen LogP contribution in [0.1, 0.15) is 50.4 Å². The van der Waals surface area contributed by atoms with Gasteiger partial charge in [-0.2, -0.15) is 0 Å². The van der Waals surface area contributed by atoms with Crippen LogP contribution in [0.2, 0.25) is 0 Å². The van der Waals surface area contributed by atoms with Crippen molar-refractivity contribution in [2.75, 3.05) is 12.3 Å². The smallest absolute Gasteiger partial charge is 0.309 e. The van der Waals surface area contributed by atoms with Crippen LogP contribution in [-0.4, -0.2) is 37.7 Å². The zero-order chi connectivity index (χ0) is 18.4. The van der Waals surface area contributed by atoms with Gasteiger partial charge in [0, 0.05) is 12.1 Å². The lowest BCUT2D eigenvalue weighted by Crippen LogP contribution is -2.31. The second-order valence-electron chi connectivity index (χ2n) is 6.39. The summed E-state index contributed by atoms with van der Waals surface area (Å²) in [6.45, 7) is 5.35. The maximum atomic E-state index is 12.1. The Morgan fingerprint density at radius 3 is 2.25 bits per heavy atom. The topological polar surface area (TPSA) is 101 Å². The summed E-state index contributed by atoms with van der Waals surface area (Å²) < 4.78 is 24.1. The first-order chi connectivity index (χ1) is 11.1. The van der Waals surface area contributed by atoms with Gasteiger partial charge < -0.3 is 10.4 Å². The summed E-state index contributed by atoms with van der Waals surface area (Å²) in [4.78, 5) is 23.2. The van der Waals surface area contributed by atoms with Crippen LogP contribution in [0, 0.1) is 5.41 Å². The van der Waals surface area contributed by atoms with Gasteiger partial charge in [0.25, 0.3) is 5.91 Å². The van der Waals surface area contributed by atoms with Crippen molar-refractivity contribution in [3.8, 4) is 0 Å². The standard InChI is InChI=1S/C17H25NO5S/c1-4-5-12-24(22,23)14-8-6-13(7-9-14)15(19)18-11-10-17(2,3)16(20)21/h6-9H,4-5,10-12H2,1-3H3,(H,18,19)(H,20,21). The second-order valence-corrected chi connectivity index (χ2v) is 8.50. The van der Waals surface area contributed by atoms with Gasteiger partial charge >= 0.3 is 5.97 Å². The third kappa shape index (κ3) is 5.63. The fourth-order valence-electron chi connectivity index (χ4n) is 1.96. The minimum absolute atomic E-state index is 0.0965. The third-order valence-electron chi connectivity index (χ3n) is 3.86. The van der Waals surface area contributed by atoms with E-state index in [-0.39, 0.29) is 23.1 Å². The number of carbonyl (C=O) groups excluding carboxylic acids is 1. The Bertz CT molecular complexity index is 677. The van der Waals surface area contributed by atoms with Gasteiger partial charge in [-0.1, -0.05) is 13.3 Å². The van der Waals surface area contributed by atoms with Gasteiger partial charge in [0.1, 0.15) is 0 Å². The number of unbranched alkanes of at least 4 members (excludes halogenated alkanes) is 1. The molecule has 134 valence electrons. The van der Waals surface area contributed by atoms with Crippen LogP contribution in [-0.2, 0) is 14.6 Å². The van der Waals surface area contributed by atoms with E-state index in [1.807, 2.05) is 6.92 Å². The van der Waals surface area contributed by atoms with E-state index in [1.165, 1.54) is 24.3 Å². The molecular weight excluding hydrogens is 330 g/mol.